The number of rotatable bonds is 6. The molecule has 1 amide bonds. The van der Waals surface area contributed by atoms with E-state index in [4.69, 9.17) is 4.74 Å². The Morgan fingerprint density at radius 3 is 2.59 bits per heavy atom. The molecule has 0 unspecified atom stereocenters. The molecular formula is C19H22N2O4S2. The molecule has 1 N–H and O–H groups in total. The summed E-state index contributed by atoms with van der Waals surface area (Å²) in [6, 6.07) is 6.41. The summed E-state index contributed by atoms with van der Waals surface area (Å²) in [6.45, 7) is 1.50. The number of sulfone groups is 1. The number of allylic oxidation sites excluding steroid dienone is 1. The van der Waals surface area contributed by atoms with Crippen LogP contribution in [0.4, 0.5) is 5.13 Å². The summed E-state index contributed by atoms with van der Waals surface area (Å²) in [5.41, 5.74) is 1.21. The zero-order chi connectivity index (χ0) is 19.3. The summed E-state index contributed by atoms with van der Waals surface area (Å²) < 4.78 is 28.7. The van der Waals surface area contributed by atoms with Crippen molar-refractivity contribution in [3.05, 3.63) is 47.5 Å². The molecule has 0 bridgehead atoms. The third-order valence-corrected chi connectivity index (χ3v) is 6.30. The summed E-state index contributed by atoms with van der Waals surface area (Å²) >= 11 is 1.35. The van der Waals surface area contributed by atoms with E-state index < -0.39 is 9.84 Å². The highest BCUT2D eigenvalue weighted by Crippen LogP contribution is 2.25. The van der Waals surface area contributed by atoms with Crippen LogP contribution >= 0.6 is 11.3 Å². The molecule has 0 spiro atoms. The molecule has 0 radical (unpaired) electrons. The van der Waals surface area contributed by atoms with E-state index in [-0.39, 0.29) is 10.8 Å². The van der Waals surface area contributed by atoms with E-state index >= 15 is 0 Å². The summed E-state index contributed by atoms with van der Waals surface area (Å²) in [7, 11) is -3.28. The van der Waals surface area contributed by atoms with Gasteiger partial charge in [0.25, 0.3) is 5.91 Å². The van der Waals surface area contributed by atoms with Crippen LogP contribution in [0.1, 0.15) is 24.8 Å². The molecule has 1 fully saturated rings. The fraction of sp³-hybridized carbons (Fsp3) is 0.368. The number of anilines is 1. The van der Waals surface area contributed by atoms with Crippen LogP contribution in [-0.2, 0) is 19.4 Å². The molecule has 8 heteroatoms. The fourth-order valence-electron chi connectivity index (χ4n) is 2.94. The number of nitrogens with one attached hydrogen (secondary N) is 1. The Morgan fingerprint density at radius 1 is 1.30 bits per heavy atom. The van der Waals surface area contributed by atoms with Crippen molar-refractivity contribution >= 4 is 37.8 Å². The van der Waals surface area contributed by atoms with Crippen LogP contribution in [0.5, 0.6) is 0 Å². The lowest BCUT2D eigenvalue weighted by Gasteiger charge is -2.21. The zero-order valence-corrected chi connectivity index (χ0v) is 16.7. The van der Waals surface area contributed by atoms with Gasteiger partial charge >= 0.3 is 0 Å². The van der Waals surface area contributed by atoms with Crippen molar-refractivity contribution in [2.24, 2.45) is 5.92 Å². The van der Waals surface area contributed by atoms with Gasteiger partial charge in [-0.15, -0.1) is 11.3 Å². The molecule has 0 aliphatic carbocycles. The average Bonchev–Trinajstić information content (AvgIpc) is 3.15. The van der Waals surface area contributed by atoms with E-state index in [9.17, 15) is 13.2 Å². The number of carbonyl (C=O) groups is 1. The molecular weight excluding hydrogens is 384 g/mol. The molecule has 1 aliphatic rings. The predicted octanol–water partition coefficient (Wildman–Crippen LogP) is 3.39. The lowest BCUT2D eigenvalue weighted by molar-refractivity contribution is -0.111. The fourth-order valence-corrected chi connectivity index (χ4v) is 4.09. The minimum atomic E-state index is -3.28. The SMILES string of the molecule is CS(=O)(=O)c1ccc(C(=CCC2CCOCC2)C(=O)Nc2nccs2)cc1. The molecule has 0 saturated carbocycles. The van der Waals surface area contributed by atoms with Gasteiger partial charge < -0.3 is 4.74 Å². The Morgan fingerprint density at radius 2 is 2.00 bits per heavy atom. The zero-order valence-electron chi connectivity index (χ0n) is 15.1. The second-order valence-corrected chi connectivity index (χ2v) is 9.41. The molecule has 0 atom stereocenters. The molecule has 1 saturated heterocycles. The Hall–Kier alpha value is -2.03. The molecule has 27 heavy (non-hydrogen) atoms. The Balaban J connectivity index is 1.84. The minimum absolute atomic E-state index is 0.232. The van der Waals surface area contributed by atoms with Crippen molar-refractivity contribution in [2.45, 2.75) is 24.2 Å². The molecule has 2 aromatic rings. The second-order valence-electron chi connectivity index (χ2n) is 6.50. The number of hydrogen-bond acceptors (Lipinski definition) is 6. The smallest absolute Gasteiger partial charge is 0.257 e. The van der Waals surface area contributed by atoms with E-state index in [2.05, 4.69) is 10.3 Å². The minimum Gasteiger partial charge on any atom is -0.381 e. The maximum absolute atomic E-state index is 12.8. The van der Waals surface area contributed by atoms with Gasteiger partial charge in [0.15, 0.2) is 15.0 Å². The quantitative estimate of drug-likeness (QED) is 0.743. The molecule has 1 aliphatic heterocycles. The lowest BCUT2D eigenvalue weighted by atomic mass is 9.94. The number of carbonyl (C=O) groups excluding carboxylic acids is 1. The first-order chi connectivity index (χ1) is 12.9. The number of ether oxygens (including phenoxy) is 1. The van der Waals surface area contributed by atoms with Gasteiger partial charge in [-0.1, -0.05) is 18.2 Å². The summed E-state index contributed by atoms with van der Waals surface area (Å²) in [4.78, 5) is 17.1. The summed E-state index contributed by atoms with van der Waals surface area (Å²) in [5, 5.41) is 5.14. The average molecular weight is 407 g/mol. The number of amides is 1. The van der Waals surface area contributed by atoms with Gasteiger partial charge in [-0.2, -0.15) is 0 Å². The topological polar surface area (TPSA) is 85.4 Å². The van der Waals surface area contributed by atoms with Crippen molar-refractivity contribution in [2.75, 3.05) is 24.8 Å². The summed E-state index contributed by atoms with van der Waals surface area (Å²) in [5.74, 6) is 0.237. The predicted molar refractivity (Wildman–Crippen MR) is 106 cm³/mol. The van der Waals surface area contributed by atoms with Gasteiger partial charge in [0.2, 0.25) is 0 Å². The number of hydrogen-bond donors (Lipinski definition) is 1. The van der Waals surface area contributed by atoms with Gasteiger partial charge in [0, 0.05) is 36.6 Å². The van der Waals surface area contributed by atoms with Crippen molar-refractivity contribution in [3.8, 4) is 0 Å². The molecule has 1 aromatic carbocycles. The van der Waals surface area contributed by atoms with Gasteiger partial charge in [0.1, 0.15) is 0 Å². The Kier molecular flexibility index (Phi) is 6.41. The largest absolute Gasteiger partial charge is 0.381 e. The molecule has 6 nitrogen and oxygen atoms in total. The van der Waals surface area contributed by atoms with Crippen molar-refractivity contribution in [3.63, 3.8) is 0 Å². The number of thiazole rings is 1. The van der Waals surface area contributed by atoms with Crippen LogP contribution in [0.25, 0.3) is 5.57 Å². The van der Waals surface area contributed by atoms with E-state index in [1.165, 1.54) is 29.7 Å². The Bertz CT molecular complexity index is 898. The van der Waals surface area contributed by atoms with Crippen LogP contribution in [0.15, 0.2) is 46.8 Å². The van der Waals surface area contributed by atoms with Crippen molar-refractivity contribution in [1.82, 2.24) is 4.98 Å². The van der Waals surface area contributed by atoms with Gasteiger partial charge in [0.05, 0.1) is 4.90 Å². The highest BCUT2D eigenvalue weighted by atomic mass is 32.2. The van der Waals surface area contributed by atoms with E-state index in [0.29, 0.717) is 22.2 Å². The standard InChI is InChI=1S/C19H22N2O4S2/c1-27(23,24)16-5-3-15(4-6-16)17(7-2-14-8-11-25-12-9-14)18(22)21-19-20-10-13-26-19/h3-7,10,13-14H,2,8-9,11-12H2,1H3,(H,20,21,22). The second kappa shape index (κ2) is 8.77. The van der Waals surface area contributed by atoms with Gasteiger partial charge in [-0.3, -0.25) is 10.1 Å². The third kappa shape index (κ3) is 5.47. The highest BCUT2D eigenvalue weighted by Gasteiger charge is 2.17. The number of nitrogens with zero attached hydrogens (tertiary/aromatic N) is 1. The van der Waals surface area contributed by atoms with E-state index in [0.717, 1.165) is 32.5 Å². The maximum Gasteiger partial charge on any atom is 0.257 e. The number of aromatic nitrogens is 1. The summed E-state index contributed by atoms with van der Waals surface area (Å²) in [6.07, 6.45) is 7.47. The molecule has 3 rings (SSSR count). The van der Waals surface area contributed by atoms with E-state index in [1.54, 1.807) is 23.7 Å². The van der Waals surface area contributed by atoms with Crippen LogP contribution in [-0.4, -0.2) is 38.8 Å². The Labute approximate surface area is 163 Å². The molecule has 144 valence electrons. The third-order valence-electron chi connectivity index (χ3n) is 4.49. The normalized spacial score (nSPS) is 16.3. The van der Waals surface area contributed by atoms with Crippen LogP contribution in [0, 0.1) is 5.92 Å². The molecule has 2 heterocycles. The van der Waals surface area contributed by atoms with Crippen LogP contribution < -0.4 is 5.32 Å². The maximum atomic E-state index is 12.8. The van der Waals surface area contributed by atoms with Gasteiger partial charge in [-0.05, 0) is 42.9 Å². The first-order valence-electron chi connectivity index (χ1n) is 8.73. The van der Waals surface area contributed by atoms with Gasteiger partial charge in [-0.25, -0.2) is 13.4 Å². The highest BCUT2D eigenvalue weighted by molar-refractivity contribution is 7.90. The van der Waals surface area contributed by atoms with E-state index in [1.807, 2.05) is 6.08 Å². The number of benzene rings is 1. The first kappa shape index (κ1) is 19.7. The van der Waals surface area contributed by atoms with Crippen molar-refractivity contribution in [1.29, 1.82) is 0 Å². The van der Waals surface area contributed by atoms with Crippen LogP contribution in [0.3, 0.4) is 0 Å². The first-order valence-corrected chi connectivity index (χ1v) is 11.5. The van der Waals surface area contributed by atoms with Crippen molar-refractivity contribution < 1.29 is 17.9 Å². The monoisotopic (exact) mass is 406 g/mol. The molecule has 1 aromatic heterocycles. The lowest BCUT2D eigenvalue weighted by Crippen LogP contribution is -2.17. The van der Waals surface area contributed by atoms with Crippen LogP contribution in [0.2, 0.25) is 0 Å².